The van der Waals surface area contributed by atoms with Crippen molar-refractivity contribution in [2.75, 3.05) is 5.43 Å². The van der Waals surface area contributed by atoms with E-state index in [0.29, 0.717) is 0 Å². The molecule has 104 valence electrons. The van der Waals surface area contributed by atoms with Crippen LogP contribution in [0, 0.1) is 0 Å². The summed E-state index contributed by atoms with van der Waals surface area (Å²) in [5.74, 6) is 0. The fourth-order valence-corrected chi connectivity index (χ4v) is 2.67. The van der Waals surface area contributed by atoms with E-state index in [1.54, 1.807) is 0 Å². The molecule has 0 spiro atoms. The molecular weight excluding hydrogens is 324 g/mol. The number of hydrogen-bond donors (Lipinski definition) is 1. The van der Waals surface area contributed by atoms with Gasteiger partial charge < -0.3 is 0 Å². The van der Waals surface area contributed by atoms with E-state index in [0.717, 1.165) is 21.4 Å². The SMILES string of the molecule is CC(=NNc1ccccc1Br)c1cccc2ccccc12. The summed E-state index contributed by atoms with van der Waals surface area (Å²) in [6.45, 7) is 2.02. The number of halogens is 1. The Morgan fingerprint density at radius 2 is 1.62 bits per heavy atom. The van der Waals surface area contributed by atoms with Gasteiger partial charge in [0.15, 0.2) is 0 Å². The predicted molar refractivity (Wildman–Crippen MR) is 93.9 cm³/mol. The number of hydrazone groups is 1. The van der Waals surface area contributed by atoms with Gasteiger partial charge in [-0.2, -0.15) is 5.10 Å². The second-order valence-corrected chi connectivity index (χ2v) is 5.67. The minimum atomic E-state index is 0.956. The molecule has 0 saturated heterocycles. The second-order valence-electron chi connectivity index (χ2n) is 4.82. The minimum Gasteiger partial charge on any atom is -0.277 e. The number of benzene rings is 3. The van der Waals surface area contributed by atoms with Gasteiger partial charge in [0.25, 0.3) is 0 Å². The van der Waals surface area contributed by atoms with Crippen molar-refractivity contribution >= 4 is 38.1 Å². The number of nitrogens with zero attached hydrogens (tertiary/aromatic N) is 1. The van der Waals surface area contributed by atoms with Crippen LogP contribution >= 0.6 is 15.9 Å². The van der Waals surface area contributed by atoms with Crippen LogP contribution in [0.2, 0.25) is 0 Å². The molecule has 0 aliphatic rings. The summed E-state index contributed by atoms with van der Waals surface area (Å²) >= 11 is 3.51. The lowest BCUT2D eigenvalue weighted by atomic mass is 10.0. The van der Waals surface area contributed by atoms with Crippen LogP contribution in [-0.4, -0.2) is 5.71 Å². The zero-order chi connectivity index (χ0) is 14.7. The van der Waals surface area contributed by atoms with Gasteiger partial charge in [-0.05, 0) is 45.8 Å². The van der Waals surface area contributed by atoms with E-state index in [1.165, 1.54) is 10.8 Å². The Kier molecular flexibility index (Phi) is 4.02. The van der Waals surface area contributed by atoms with Crippen molar-refractivity contribution in [2.45, 2.75) is 6.92 Å². The Morgan fingerprint density at radius 1 is 0.905 bits per heavy atom. The first-order valence-corrected chi connectivity index (χ1v) is 7.58. The second kappa shape index (κ2) is 6.10. The molecule has 0 aromatic heterocycles. The van der Waals surface area contributed by atoms with E-state index in [-0.39, 0.29) is 0 Å². The van der Waals surface area contributed by atoms with Crippen LogP contribution in [0.25, 0.3) is 10.8 Å². The molecule has 3 heteroatoms. The quantitative estimate of drug-likeness (QED) is 0.499. The van der Waals surface area contributed by atoms with Gasteiger partial charge >= 0.3 is 0 Å². The molecule has 1 N–H and O–H groups in total. The van der Waals surface area contributed by atoms with Gasteiger partial charge in [-0.25, -0.2) is 0 Å². The van der Waals surface area contributed by atoms with Gasteiger partial charge in [-0.1, -0.05) is 54.6 Å². The molecule has 0 fully saturated rings. The van der Waals surface area contributed by atoms with Crippen LogP contribution in [0.15, 0.2) is 76.3 Å². The fraction of sp³-hybridized carbons (Fsp3) is 0.0556. The van der Waals surface area contributed by atoms with Gasteiger partial charge in [0, 0.05) is 10.0 Å². The van der Waals surface area contributed by atoms with Crippen molar-refractivity contribution in [3.05, 3.63) is 76.8 Å². The first kappa shape index (κ1) is 13.8. The zero-order valence-corrected chi connectivity index (χ0v) is 13.3. The lowest BCUT2D eigenvalue weighted by Gasteiger charge is -2.08. The van der Waals surface area contributed by atoms with Crippen molar-refractivity contribution in [3.8, 4) is 0 Å². The Balaban J connectivity index is 1.95. The summed E-state index contributed by atoms with van der Waals surface area (Å²) in [6, 6.07) is 22.6. The molecule has 0 heterocycles. The Bertz CT molecular complexity index is 804. The normalized spacial score (nSPS) is 11.6. The minimum absolute atomic E-state index is 0.956. The first-order valence-electron chi connectivity index (χ1n) is 6.78. The molecule has 0 saturated carbocycles. The van der Waals surface area contributed by atoms with Crippen molar-refractivity contribution in [1.82, 2.24) is 0 Å². The fourth-order valence-electron chi connectivity index (χ4n) is 2.30. The van der Waals surface area contributed by atoms with Crippen molar-refractivity contribution in [1.29, 1.82) is 0 Å². The Hall–Kier alpha value is -2.13. The van der Waals surface area contributed by atoms with Crippen molar-refractivity contribution in [2.24, 2.45) is 5.10 Å². The molecular formula is C18H15BrN2. The molecule has 3 rings (SSSR count). The van der Waals surface area contributed by atoms with E-state index in [4.69, 9.17) is 0 Å². The van der Waals surface area contributed by atoms with Gasteiger partial charge in [0.2, 0.25) is 0 Å². The molecule has 0 aliphatic heterocycles. The Labute approximate surface area is 132 Å². The standard InChI is InChI=1S/C18H15BrN2/c1-13(20-21-18-12-5-4-11-17(18)19)15-10-6-8-14-7-2-3-9-16(14)15/h2-12,21H,1H3. The van der Waals surface area contributed by atoms with Gasteiger partial charge in [-0.15, -0.1) is 0 Å². The lowest BCUT2D eigenvalue weighted by Crippen LogP contribution is -2.00. The van der Waals surface area contributed by atoms with E-state index >= 15 is 0 Å². The number of fused-ring (bicyclic) bond motifs is 1. The smallest absolute Gasteiger partial charge is 0.0703 e. The van der Waals surface area contributed by atoms with Gasteiger partial charge in [-0.3, -0.25) is 5.43 Å². The third-order valence-corrected chi connectivity index (χ3v) is 4.09. The maximum atomic E-state index is 4.51. The highest BCUT2D eigenvalue weighted by atomic mass is 79.9. The van der Waals surface area contributed by atoms with E-state index in [1.807, 2.05) is 31.2 Å². The summed E-state index contributed by atoms with van der Waals surface area (Å²) in [7, 11) is 0. The molecule has 0 radical (unpaired) electrons. The topological polar surface area (TPSA) is 24.4 Å². The summed E-state index contributed by atoms with van der Waals surface area (Å²) in [4.78, 5) is 0. The van der Waals surface area contributed by atoms with Crippen LogP contribution < -0.4 is 5.43 Å². The summed E-state index contributed by atoms with van der Waals surface area (Å²) in [5.41, 5.74) is 6.18. The molecule has 3 aromatic rings. The highest BCUT2D eigenvalue weighted by Crippen LogP contribution is 2.22. The number of hydrogen-bond acceptors (Lipinski definition) is 2. The number of nitrogens with one attached hydrogen (secondary N) is 1. The number of para-hydroxylation sites is 1. The summed E-state index contributed by atoms with van der Waals surface area (Å²) in [5, 5.41) is 6.96. The molecule has 3 aromatic carbocycles. The largest absolute Gasteiger partial charge is 0.277 e. The highest BCUT2D eigenvalue weighted by Gasteiger charge is 2.03. The van der Waals surface area contributed by atoms with E-state index in [2.05, 4.69) is 68.9 Å². The maximum Gasteiger partial charge on any atom is 0.0703 e. The van der Waals surface area contributed by atoms with Crippen molar-refractivity contribution in [3.63, 3.8) is 0 Å². The predicted octanol–water partition coefficient (Wildman–Crippen LogP) is 5.44. The van der Waals surface area contributed by atoms with Gasteiger partial charge in [0.05, 0.1) is 11.4 Å². The van der Waals surface area contributed by atoms with Crippen LogP contribution in [-0.2, 0) is 0 Å². The highest BCUT2D eigenvalue weighted by molar-refractivity contribution is 9.10. The van der Waals surface area contributed by atoms with E-state index < -0.39 is 0 Å². The average molecular weight is 339 g/mol. The van der Waals surface area contributed by atoms with Crippen LogP contribution in [0.5, 0.6) is 0 Å². The summed E-state index contributed by atoms with van der Waals surface area (Å²) < 4.78 is 1.000. The average Bonchev–Trinajstić information content (AvgIpc) is 2.53. The molecule has 0 unspecified atom stereocenters. The molecule has 0 atom stereocenters. The maximum absolute atomic E-state index is 4.51. The molecule has 0 aliphatic carbocycles. The van der Waals surface area contributed by atoms with Gasteiger partial charge in [0.1, 0.15) is 0 Å². The molecule has 0 bridgehead atoms. The third-order valence-electron chi connectivity index (χ3n) is 3.40. The monoisotopic (exact) mass is 338 g/mol. The Morgan fingerprint density at radius 3 is 2.48 bits per heavy atom. The van der Waals surface area contributed by atoms with Crippen molar-refractivity contribution < 1.29 is 0 Å². The van der Waals surface area contributed by atoms with E-state index in [9.17, 15) is 0 Å². The summed E-state index contributed by atoms with van der Waals surface area (Å²) in [6.07, 6.45) is 0. The van der Waals surface area contributed by atoms with Crippen LogP contribution in [0.4, 0.5) is 5.69 Å². The molecule has 0 amide bonds. The molecule has 21 heavy (non-hydrogen) atoms. The number of anilines is 1. The third kappa shape index (κ3) is 2.98. The van der Waals surface area contributed by atoms with Crippen LogP contribution in [0.1, 0.15) is 12.5 Å². The zero-order valence-electron chi connectivity index (χ0n) is 11.7. The first-order chi connectivity index (χ1) is 10.3. The van der Waals surface area contributed by atoms with Crippen LogP contribution in [0.3, 0.4) is 0 Å². The lowest BCUT2D eigenvalue weighted by molar-refractivity contribution is 1.31. The number of rotatable bonds is 3. The molecule has 2 nitrogen and oxygen atoms in total.